The Labute approximate surface area is 183 Å². The minimum Gasteiger partial charge on any atom is -0.394 e. The Kier molecular flexibility index (Phi) is 15.3. The average Bonchev–Trinajstić information content (AvgIpc) is 2.74. The molecular weight excluding hydrogens is 376 g/mol. The number of hydrogen-bond donors (Lipinski definition) is 3. The van der Waals surface area contributed by atoms with Gasteiger partial charge in [-0.05, 0) is 82.3 Å². The van der Waals surface area contributed by atoms with Gasteiger partial charge >= 0.3 is 0 Å². The predicted molar refractivity (Wildman–Crippen MR) is 126 cm³/mol. The van der Waals surface area contributed by atoms with Gasteiger partial charge in [-0.2, -0.15) is 0 Å². The van der Waals surface area contributed by atoms with E-state index >= 15 is 0 Å². The number of nitrogens with zero attached hydrogens (tertiary/aromatic N) is 1. The summed E-state index contributed by atoms with van der Waals surface area (Å²) < 4.78 is 0. The SMILES string of the molecule is CCCCCCN(CCCC[C@H](O)CO)CCCc1ccc(NC(=O)CCC)cc1. The molecule has 0 saturated heterocycles. The molecule has 0 fully saturated rings. The zero-order valence-electron chi connectivity index (χ0n) is 19.2. The molecule has 1 aromatic rings. The minimum absolute atomic E-state index is 0.0791. The molecule has 3 N–H and O–H groups in total. The first kappa shape index (κ1) is 26.6. The Hall–Kier alpha value is -1.43. The van der Waals surface area contributed by atoms with Crippen molar-refractivity contribution in [3.8, 4) is 0 Å². The maximum atomic E-state index is 11.7. The maximum Gasteiger partial charge on any atom is 0.224 e. The van der Waals surface area contributed by atoms with Crippen LogP contribution in [-0.2, 0) is 11.2 Å². The summed E-state index contributed by atoms with van der Waals surface area (Å²) in [7, 11) is 0. The molecule has 0 saturated carbocycles. The molecule has 172 valence electrons. The van der Waals surface area contributed by atoms with Gasteiger partial charge in [-0.1, -0.05) is 45.2 Å². The highest BCUT2D eigenvalue weighted by molar-refractivity contribution is 5.90. The molecule has 0 unspecified atom stereocenters. The molecule has 5 heteroatoms. The van der Waals surface area contributed by atoms with Crippen molar-refractivity contribution >= 4 is 11.6 Å². The fourth-order valence-corrected chi connectivity index (χ4v) is 3.62. The van der Waals surface area contributed by atoms with Crippen molar-refractivity contribution in [3.63, 3.8) is 0 Å². The fourth-order valence-electron chi connectivity index (χ4n) is 3.62. The number of amides is 1. The number of anilines is 1. The number of aliphatic hydroxyl groups is 2. The van der Waals surface area contributed by atoms with Gasteiger partial charge in [-0.15, -0.1) is 0 Å². The van der Waals surface area contributed by atoms with Crippen LogP contribution in [0.1, 0.15) is 83.6 Å². The lowest BCUT2D eigenvalue weighted by atomic mass is 10.1. The van der Waals surface area contributed by atoms with Crippen LogP contribution in [0.15, 0.2) is 24.3 Å². The summed E-state index contributed by atoms with van der Waals surface area (Å²) >= 11 is 0. The molecule has 0 aliphatic carbocycles. The molecule has 0 heterocycles. The normalized spacial score (nSPS) is 12.3. The van der Waals surface area contributed by atoms with Crippen molar-refractivity contribution in [1.29, 1.82) is 0 Å². The van der Waals surface area contributed by atoms with Crippen LogP contribution >= 0.6 is 0 Å². The van der Waals surface area contributed by atoms with E-state index in [1.807, 2.05) is 19.1 Å². The van der Waals surface area contributed by atoms with Crippen LogP contribution in [0.5, 0.6) is 0 Å². The van der Waals surface area contributed by atoms with E-state index in [1.165, 1.54) is 31.2 Å². The first-order chi connectivity index (χ1) is 14.6. The molecule has 1 aromatic carbocycles. The quantitative estimate of drug-likeness (QED) is 0.299. The van der Waals surface area contributed by atoms with Crippen LogP contribution in [0.25, 0.3) is 0 Å². The molecule has 30 heavy (non-hydrogen) atoms. The molecule has 0 aliphatic heterocycles. The number of aryl methyl sites for hydroxylation is 1. The zero-order chi connectivity index (χ0) is 22.0. The highest BCUT2D eigenvalue weighted by Gasteiger charge is 2.07. The number of aliphatic hydroxyl groups excluding tert-OH is 2. The standard InChI is InChI=1S/C25H44N2O3/c1-3-5-6-8-18-27(19-9-7-13-24(29)21-28)20-10-12-22-14-16-23(17-15-22)26-25(30)11-4-2/h14-17,24,28-29H,3-13,18-21H2,1-2H3,(H,26,30)/t24-/m0/s1. The lowest BCUT2D eigenvalue weighted by molar-refractivity contribution is -0.116. The second-order valence-corrected chi connectivity index (χ2v) is 8.33. The van der Waals surface area contributed by atoms with Crippen molar-refractivity contribution in [2.24, 2.45) is 0 Å². The molecule has 0 spiro atoms. The van der Waals surface area contributed by atoms with E-state index in [0.717, 1.165) is 57.4 Å². The number of rotatable bonds is 18. The Morgan fingerprint density at radius 1 is 0.933 bits per heavy atom. The van der Waals surface area contributed by atoms with E-state index in [2.05, 4.69) is 29.3 Å². The fraction of sp³-hybridized carbons (Fsp3) is 0.720. The van der Waals surface area contributed by atoms with E-state index in [-0.39, 0.29) is 12.5 Å². The van der Waals surface area contributed by atoms with Crippen molar-refractivity contribution < 1.29 is 15.0 Å². The van der Waals surface area contributed by atoms with Crippen molar-refractivity contribution in [2.45, 2.75) is 90.6 Å². The highest BCUT2D eigenvalue weighted by atomic mass is 16.3. The van der Waals surface area contributed by atoms with E-state index < -0.39 is 6.10 Å². The zero-order valence-corrected chi connectivity index (χ0v) is 19.2. The Morgan fingerprint density at radius 3 is 2.23 bits per heavy atom. The number of carbonyl (C=O) groups is 1. The predicted octanol–water partition coefficient (Wildman–Crippen LogP) is 4.76. The number of hydrogen-bond acceptors (Lipinski definition) is 4. The molecule has 1 atom stereocenters. The lowest BCUT2D eigenvalue weighted by Crippen LogP contribution is -2.28. The van der Waals surface area contributed by atoms with Crippen molar-refractivity contribution in [3.05, 3.63) is 29.8 Å². The van der Waals surface area contributed by atoms with Crippen LogP contribution in [0.3, 0.4) is 0 Å². The summed E-state index contributed by atoms with van der Waals surface area (Å²) in [5.41, 5.74) is 2.18. The number of carbonyl (C=O) groups excluding carboxylic acids is 1. The van der Waals surface area contributed by atoms with E-state index in [9.17, 15) is 9.90 Å². The topological polar surface area (TPSA) is 72.8 Å². The summed E-state index contributed by atoms with van der Waals surface area (Å²) in [6.07, 6.45) is 10.8. The van der Waals surface area contributed by atoms with Gasteiger partial charge in [0, 0.05) is 12.1 Å². The summed E-state index contributed by atoms with van der Waals surface area (Å²) in [6.45, 7) is 7.40. The second kappa shape index (κ2) is 17.3. The average molecular weight is 421 g/mol. The van der Waals surface area contributed by atoms with Crippen LogP contribution < -0.4 is 5.32 Å². The van der Waals surface area contributed by atoms with E-state index in [0.29, 0.717) is 12.8 Å². The Bertz CT molecular complexity index is 548. The van der Waals surface area contributed by atoms with Crippen molar-refractivity contribution in [1.82, 2.24) is 4.90 Å². The van der Waals surface area contributed by atoms with Gasteiger partial charge in [-0.25, -0.2) is 0 Å². The van der Waals surface area contributed by atoms with E-state index in [4.69, 9.17) is 5.11 Å². The van der Waals surface area contributed by atoms with Crippen molar-refractivity contribution in [2.75, 3.05) is 31.6 Å². The van der Waals surface area contributed by atoms with Gasteiger partial charge in [0.2, 0.25) is 5.91 Å². The minimum atomic E-state index is -0.572. The Morgan fingerprint density at radius 2 is 1.60 bits per heavy atom. The third-order valence-electron chi connectivity index (χ3n) is 5.45. The van der Waals surface area contributed by atoms with Gasteiger partial charge in [0.1, 0.15) is 0 Å². The molecular formula is C25H44N2O3. The lowest BCUT2D eigenvalue weighted by Gasteiger charge is -2.22. The number of nitrogens with one attached hydrogen (secondary N) is 1. The van der Waals surface area contributed by atoms with Gasteiger partial charge < -0.3 is 20.4 Å². The summed E-state index contributed by atoms with van der Waals surface area (Å²) in [5, 5.41) is 21.4. The number of benzene rings is 1. The van der Waals surface area contributed by atoms with Crippen LogP contribution in [0, 0.1) is 0 Å². The molecule has 1 amide bonds. The van der Waals surface area contributed by atoms with Crippen LogP contribution in [0.2, 0.25) is 0 Å². The summed E-state index contributed by atoms with van der Waals surface area (Å²) in [5.74, 6) is 0.0791. The van der Waals surface area contributed by atoms with Gasteiger partial charge in [0.05, 0.1) is 12.7 Å². The van der Waals surface area contributed by atoms with Crippen LogP contribution in [-0.4, -0.2) is 53.4 Å². The first-order valence-corrected chi connectivity index (χ1v) is 12.0. The van der Waals surface area contributed by atoms with Crippen LogP contribution in [0.4, 0.5) is 5.69 Å². The smallest absolute Gasteiger partial charge is 0.224 e. The molecule has 0 aromatic heterocycles. The third kappa shape index (κ3) is 13.0. The van der Waals surface area contributed by atoms with E-state index in [1.54, 1.807) is 0 Å². The van der Waals surface area contributed by atoms with Gasteiger partial charge in [-0.3, -0.25) is 4.79 Å². The number of unbranched alkanes of at least 4 members (excludes halogenated alkanes) is 4. The molecule has 0 bridgehead atoms. The largest absolute Gasteiger partial charge is 0.394 e. The molecule has 0 radical (unpaired) electrons. The first-order valence-electron chi connectivity index (χ1n) is 12.0. The highest BCUT2D eigenvalue weighted by Crippen LogP contribution is 2.13. The maximum absolute atomic E-state index is 11.7. The second-order valence-electron chi connectivity index (χ2n) is 8.33. The molecule has 0 aliphatic rings. The summed E-state index contributed by atoms with van der Waals surface area (Å²) in [6, 6.07) is 8.22. The monoisotopic (exact) mass is 420 g/mol. The van der Waals surface area contributed by atoms with Gasteiger partial charge in [0.25, 0.3) is 0 Å². The molecule has 5 nitrogen and oxygen atoms in total. The summed E-state index contributed by atoms with van der Waals surface area (Å²) in [4.78, 5) is 14.2. The van der Waals surface area contributed by atoms with Gasteiger partial charge in [0.15, 0.2) is 0 Å². The molecule has 1 rings (SSSR count). The Balaban J connectivity index is 2.37. The third-order valence-corrected chi connectivity index (χ3v) is 5.45.